The van der Waals surface area contributed by atoms with Crippen LogP contribution in [0.5, 0.6) is 5.75 Å². The first kappa shape index (κ1) is 28.7. The number of hydrogen-bond donors (Lipinski definition) is 4. The van der Waals surface area contributed by atoms with Gasteiger partial charge in [0.1, 0.15) is 17.4 Å². The Morgan fingerprint density at radius 3 is 2.54 bits per heavy atom. The van der Waals surface area contributed by atoms with Gasteiger partial charge in [0.15, 0.2) is 0 Å². The third kappa shape index (κ3) is 7.20. The summed E-state index contributed by atoms with van der Waals surface area (Å²) >= 11 is 0. The lowest BCUT2D eigenvalue weighted by molar-refractivity contribution is -0.141. The number of fused-ring (bicyclic) bond motifs is 1. The summed E-state index contributed by atoms with van der Waals surface area (Å²) < 4.78 is 32.2. The number of halogens is 2. The minimum absolute atomic E-state index is 0.00610. The largest absolute Gasteiger partial charge is 0.497 e. The number of likely N-dealkylation sites (tertiary alicyclic amines) is 1. The average molecular weight is 544 g/mol. The fourth-order valence-electron chi connectivity index (χ4n) is 5.57. The van der Waals surface area contributed by atoms with E-state index >= 15 is 0 Å². The van der Waals surface area contributed by atoms with E-state index in [0.717, 1.165) is 6.07 Å². The summed E-state index contributed by atoms with van der Waals surface area (Å²) in [5.41, 5.74) is 1.69. The summed E-state index contributed by atoms with van der Waals surface area (Å²) in [6.07, 6.45) is 2.80. The Bertz CT molecular complexity index is 1270. The van der Waals surface area contributed by atoms with Gasteiger partial charge in [0.2, 0.25) is 0 Å². The van der Waals surface area contributed by atoms with Crippen LogP contribution in [0, 0.1) is 17.0 Å². The maximum absolute atomic E-state index is 13.4. The van der Waals surface area contributed by atoms with Crippen molar-refractivity contribution in [2.45, 2.75) is 44.8 Å². The minimum atomic E-state index is -0.913. The number of hydrogen-bond acceptors (Lipinski definition) is 7. The van der Waals surface area contributed by atoms with Crippen molar-refractivity contribution in [3.8, 4) is 5.75 Å². The number of nitrogens with zero attached hydrogens (tertiary/aromatic N) is 2. The molecule has 1 aromatic heterocycles. The maximum Gasteiger partial charge on any atom is 0.303 e. The molecule has 0 spiro atoms. The van der Waals surface area contributed by atoms with Crippen LogP contribution in [0.2, 0.25) is 0 Å². The van der Waals surface area contributed by atoms with Gasteiger partial charge in [-0.1, -0.05) is 0 Å². The number of methoxy groups -OCH3 is 1. The molecule has 1 saturated heterocycles. The van der Waals surface area contributed by atoms with Crippen molar-refractivity contribution in [3.63, 3.8) is 0 Å². The van der Waals surface area contributed by atoms with Crippen molar-refractivity contribution in [1.82, 2.24) is 9.88 Å². The van der Waals surface area contributed by atoms with Crippen molar-refractivity contribution < 1.29 is 33.6 Å². The molecule has 8 nitrogen and oxygen atoms in total. The standard InChI is InChI=1S/C29H35F2N3O5/c1-39-23-2-3-25-24(15-23)28(19(18-35)17-33-25)26(36)4-5-29(16-27(37)38)6-9-34(10-7-29)11-8-32-22-13-20(30)12-21(31)14-22/h2-3,12-15,17,26,32,35-36H,4-11,16,18H2,1H3,(H,37,38)/t26-/m1/s1. The van der Waals surface area contributed by atoms with E-state index in [1.54, 1.807) is 31.5 Å². The number of piperidine rings is 1. The van der Waals surface area contributed by atoms with Gasteiger partial charge in [0.05, 0.1) is 31.8 Å². The molecule has 1 aliphatic heterocycles. The number of ether oxygens (including phenoxy) is 1. The third-order valence-corrected chi connectivity index (χ3v) is 7.71. The topological polar surface area (TPSA) is 115 Å². The van der Waals surface area contributed by atoms with E-state index in [2.05, 4.69) is 15.2 Å². The van der Waals surface area contributed by atoms with Crippen LogP contribution in [0.3, 0.4) is 0 Å². The predicted molar refractivity (Wildman–Crippen MR) is 144 cm³/mol. The molecule has 4 rings (SSSR count). The van der Waals surface area contributed by atoms with Crippen LogP contribution in [0.15, 0.2) is 42.6 Å². The van der Waals surface area contributed by atoms with Crippen LogP contribution in [-0.4, -0.2) is 64.5 Å². The zero-order chi connectivity index (χ0) is 28.0. The summed E-state index contributed by atoms with van der Waals surface area (Å²) in [7, 11) is 1.56. The van der Waals surface area contributed by atoms with E-state index in [-0.39, 0.29) is 13.0 Å². The van der Waals surface area contributed by atoms with Crippen LogP contribution in [0.4, 0.5) is 14.5 Å². The Morgan fingerprint density at radius 2 is 1.90 bits per heavy atom. The number of anilines is 1. The molecule has 1 atom stereocenters. The second-order valence-electron chi connectivity index (χ2n) is 10.3. The highest BCUT2D eigenvalue weighted by Crippen LogP contribution is 2.42. The molecule has 4 N–H and O–H groups in total. The first-order chi connectivity index (χ1) is 18.7. The molecule has 0 unspecified atom stereocenters. The Hall–Kier alpha value is -3.34. The van der Waals surface area contributed by atoms with E-state index in [1.807, 2.05) is 0 Å². The number of benzene rings is 2. The molecule has 210 valence electrons. The van der Waals surface area contributed by atoms with Gasteiger partial charge in [-0.15, -0.1) is 0 Å². The number of carboxylic acid groups (broad SMARTS) is 1. The van der Waals surface area contributed by atoms with Gasteiger partial charge in [-0.05, 0) is 80.1 Å². The molecule has 10 heteroatoms. The molecule has 2 aromatic carbocycles. The van der Waals surface area contributed by atoms with E-state index in [1.165, 1.54) is 12.1 Å². The Morgan fingerprint density at radius 1 is 1.18 bits per heavy atom. The molecule has 0 saturated carbocycles. The molecule has 0 bridgehead atoms. The molecule has 39 heavy (non-hydrogen) atoms. The summed E-state index contributed by atoms with van der Waals surface area (Å²) in [6, 6.07) is 8.68. The highest BCUT2D eigenvalue weighted by Gasteiger charge is 2.37. The van der Waals surface area contributed by atoms with Crippen LogP contribution in [0.25, 0.3) is 10.9 Å². The van der Waals surface area contributed by atoms with Crippen LogP contribution in [-0.2, 0) is 11.4 Å². The zero-order valence-corrected chi connectivity index (χ0v) is 22.0. The number of carboxylic acids is 1. The third-order valence-electron chi connectivity index (χ3n) is 7.71. The van der Waals surface area contributed by atoms with Gasteiger partial charge in [-0.2, -0.15) is 0 Å². The number of aliphatic hydroxyl groups is 2. The van der Waals surface area contributed by atoms with Gasteiger partial charge < -0.3 is 30.3 Å². The normalized spacial score (nSPS) is 16.2. The smallest absolute Gasteiger partial charge is 0.303 e. The first-order valence-electron chi connectivity index (χ1n) is 13.1. The van der Waals surface area contributed by atoms with Crippen LogP contribution >= 0.6 is 0 Å². The number of nitrogens with one attached hydrogen (secondary N) is 1. The van der Waals surface area contributed by atoms with Crippen molar-refractivity contribution in [1.29, 1.82) is 0 Å². The first-order valence-corrected chi connectivity index (χ1v) is 13.1. The second-order valence-corrected chi connectivity index (χ2v) is 10.3. The lowest BCUT2D eigenvalue weighted by atomic mass is 9.71. The number of carbonyl (C=O) groups is 1. The van der Waals surface area contributed by atoms with Gasteiger partial charge in [0, 0.05) is 42.0 Å². The molecule has 0 aliphatic carbocycles. The van der Waals surface area contributed by atoms with Crippen molar-refractivity contribution in [2.75, 3.05) is 38.6 Å². The fourth-order valence-corrected chi connectivity index (χ4v) is 5.57. The van der Waals surface area contributed by atoms with Crippen molar-refractivity contribution in [2.24, 2.45) is 5.41 Å². The van der Waals surface area contributed by atoms with Crippen molar-refractivity contribution >= 4 is 22.6 Å². The highest BCUT2D eigenvalue weighted by molar-refractivity contribution is 5.85. The Kier molecular flexibility index (Phi) is 9.32. The SMILES string of the molecule is COc1ccc2ncc(CO)c([C@H](O)CCC3(CC(=O)O)CCN(CCNc4cc(F)cc(F)c4)CC3)c2c1. The molecule has 0 radical (unpaired) electrons. The summed E-state index contributed by atoms with van der Waals surface area (Å²) in [5, 5.41) is 34.6. The van der Waals surface area contributed by atoms with Gasteiger partial charge >= 0.3 is 5.97 Å². The minimum Gasteiger partial charge on any atom is -0.497 e. The number of rotatable bonds is 12. The molecule has 0 amide bonds. The zero-order valence-electron chi connectivity index (χ0n) is 22.0. The Labute approximate surface area is 226 Å². The molecule has 1 fully saturated rings. The van der Waals surface area contributed by atoms with Gasteiger partial charge in [-0.25, -0.2) is 8.78 Å². The van der Waals surface area contributed by atoms with Crippen LogP contribution in [0.1, 0.15) is 49.3 Å². The molecular formula is C29H35F2N3O5. The van der Waals surface area contributed by atoms with E-state index in [4.69, 9.17) is 4.74 Å². The maximum atomic E-state index is 13.4. The Balaban J connectivity index is 1.40. The average Bonchev–Trinajstić information content (AvgIpc) is 2.91. The quantitative estimate of drug-likeness (QED) is 0.264. The summed E-state index contributed by atoms with van der Waals surface area (Å²) in [6.45, 7) is 2.22. The number of aliphatic carboxylic acids is 1. The molecular weight excluding hydrogens is 508 g/mol. The fraction of sp³-hybridized carbons (Fsp3) is 0.448. The summed E-state index contributed by atoms with van der Waals surface area (Å²) in [4.78, 5) is 18.4. The summed E-state index contributed by atoms with van der Waals surface area (Å²) in [5.74, 6) is -1.54. The molecule has 3 aromatic rings. The highest BCUT2D eigenvalue weighted by atomic mass is 19.1. The van der Waals surface area contributed by atoms with E-state index in [9.17, 15) is 28.9 Å². The van der Waals surface area contributed by atoms with E-state index < -0.39 is 29.1 Å². The number of aromatic nitrogens is 1. The predicted octanol–water partition coefficient (Wildman–Crippen LogP) is 4.50. The lowest BCUT2D eigenvalue weighted by Gasteiger charge is -2.41. The monoisotopic (exact) mass is 543 g/mol. The van der Waals surface area contributed by atoms with E-state index in [0.29, 0.717) is 85.3 Å². The van der Waals surface area contributed by atoms with Crippen molar-refractivity contribution in [3.05, 3.63) is 65.4 Å². The molecule has 2 heterocycles. The number of aliphatic hydroxyl groups excluding tert-OH is 2. The van der Waals surface area contributed by atoms with Gasteiger partial charge in [-0.3, -0.25) is 9.78 Å². The van der Waals surface area contributed by atoms with Gasteiger partial charge in [0.25, 0.3) is 0 Å². The second kappa shape index (κ2) is 12.7. The number of pyridine rings is 1. The van der Waals surface area contributed by atoms with Crippen LogP contribution < -0.4 is 10.1 Å². The molecule has 1 aliphatic rings. The lowest BCUT2D eigenvalue weighted by Crippen LogP contribution is -2.43.